The van der Waals surface area contributed by atoms with E-state index in [2.05, 4.69) is 52.1 Å². The first kappa shape index (κ1) is 22.9. The van der Waals surface area contributed by atoms with E-state index in [1.165, 1.54) is 6.07 Å². The summed E-state index contributed by atoms with van der Waals surface area (Å²) in [7, 11) is 0. The van der Waals surface area contributed by atoms with Crippen molar-refractivity contribution in [2.75, 3.05) is 24.5 Å². The second kappa shape index (κ2) is 10.1. The van der Waals surface area contributed by atoms with E-state index in [1.807, 2.05) is 6.19 Å². The Bertz CT molecular complexity index is 1070. The Balaban J connectivity index is 1.92. The van der Waals surface area contributed by atoms with Gasteiger partial charge in [-0.15, -0.1) is 0 Å². The van der Waals surface area contributed by atoms with Gasteiger partial charge in [0.05, 0.1) is 29.3 Å². The van der Waals surface area contributed by atoms with Crippen molar-refractivity contribution in [2.45, 2.75) is 26.8 Å². The fourth-order valence-corrected chi connectivity index (χ4v) is 3.76. The molecule has 0 bridgehead atoms. The fourth-order valence-electron chi connectivity index (χ4n) is 3.76. The summed E-state index contributed by atoms with van der Waals surface area (Å²) in [5, 5.41) is 12.1. The minimum absolute atomic E-state index is 0.0466. The highest BCUT2D eigenvalue weighted by Crippen LogP contribution is 2.25. The van der Waals surface area contributed by atoms with Gasteiger partial charge >= 0.3 is 0 Å². The molecule has 1 aromatic carbocycles. The number of aliphatic imine (C=N–C) groups is 1. The van der Waals surface area contributed by atoms with Crippen LogP contribution < -0.4 is 10.2 Å². The lowest BCUT2D eigenvalue weighted by Gasteiger charge is -2.44. The third-order valence-electron chi connectivity index (χ3n) is 5.62. The Kier molecular flexibility index (Phi) is 7.21. The number of piperazine rings is 1. The summed E-state index contributed by atoms with van der Waals surface area (Å²) in [5.74, 6) is 1.12. The van der Waals surface area contributed by atoms with Crippen molar-refractivity contribution < 1.29 is 4.39 Å². The van der Waals surface area contributed by atoms with Gasteiger partial charge in [-0.1, -0.05) is 33.1 Å². The fraction of sp³-hybridized carbons (Fsp3) is 0.333. The highest BCUT2D eigenvalue weighted by Gasteiger charge is 2.32. The van der Waals surface area contributed by atoms with Gasteiger partial charge in [0, 0.05) is 25.2 Å². The standard InChI is InChI=1S/C24H28FN7/c1-6-19-20(7-2)29-23(13-27-19)31-11-12-32(22(14-31)16(3)4)24(28-15-26)30-21-10-8-9-18(25)17(21)5/h6-10,13,16,22H,1-2,11-12,14H2,3-5H3,(H,28,30). The lowest BCUT2D eigenvalue weighted by Crippen LogP contribution is -2.59. The molecule has 0 saturated carbocycles. The van der Waals surface area contributed by atoms with Gasteiger partial charge in [-0.3, -0.25) is 10.3 Å². The van der Waals surface area contributed by atoms with Crippen LogP contribution in [-0.4, -0.2) is 46.5 Å². The Labute approximate surface area is 188 Å². The zero-order valence-electron chi connectivity index (χ0n) is 18.7. The number of hydrogen-bond donors (Lipinski definition) is 1. The molecule has 1 unspecified atom stereocenters. The third-order valence-corrected chi connectivity index (χ3v) is 5.62. The van der Waals surface area contributed by atoms with E-state index in [4.69, 9.17) is 4.98 Å². The molecule has 7 nitrogen and oxygen atoms in total. The summed E-state index contributed by atoms with van der Waals surface area (Å²) in [4.78, 5) is 18.0. The van der Waals surface area contributed by atoms with Crippen LogP contribution in [0.5, 0.6) is 0 Å². The molecule has 1 aromatic heterocycles. The number of benzene rings is 1. The Morgan fingerprint density at radius 2 is 2.06 bits per heavy atom. The van der Waals surface area contributed by atoms with E-state index in [1.54, 1.807) is 37.4 Å². The third kappa shape index (κ3) is 4.78. The van der Waals surface area contributed by atoms with Crippen LogP contribution in [0.4, 0.5) is 15.9 Å². The molecule has 166 valence electrons. The average Bonchev–Trinajstić information content (AvgIpc) is 2.80. The van der Waals surface area contributed by atoms with Crippen LogP contribution in [0.25, 0.3) is 12.2 Å². The maximum Gasteiger partial charge on any atom is 0.212 e. The normalized spacial score (nSPS) is 16.6. The number of aromatic nitrogens is 2. The predicted molar refractivity (Wildman–Crippen MR) is 127 cm³/mol. The summed E-state index contributed by atoms with van der Waals surface area (Å²) in [6.07, 6.45) is 7.06. The van der Waals surface area contributed by atoms with Crippen molar-refractivity contribution in [1.29, 1.82) is 5.26 Å². The molecular weight excluding hydrogens is 405 g/mol. The number of nitrogens with zero attached hydrogens (tertiary/aromatic N) is 6. The molecule has 0 aliphatic carbocycles. The molecule has 1 aliphatic heterocycles. The molecule has 0 amide bonds. The van der Waals surface area contributed by atoms with Gasteiger partial charge in [0.15, 0.2) is 6.19 Å². The summed E-state index contributed by atoms with van der Waals surface area (Å²) in [6, 6.07) is 4.81. The van der Waals surface area contributed by atoms with Crippen LogP contribution in [0.3, 0.4) is 0 Å². The van der Waals surface area contributed by atoms with Crippen molar-refractivity contribution >= 4 is 29.6 Å². The average molecular weight is 434 g/mol. The minimum Gasteiger partial charge on any atom is -0.351 e. The van der Waals surface area contributed by atoms with Gasteiger partial charge < -0.3 is 9.80 Å². The minimum atomic E-state index is -0.327. The van der Waals surface area contributed by atoms with Crippen LogP contribution in [0.1, 0.15) is 30.8 Å². The van der Waals surface area contributed by atoms with Crippen molar-refractivity contribution in [1.82, 2.24) is 20.2 Å². The number of guanidine groups is 1. The number of hydrogen-bond acceptors (Lipinski definition) is 5. The highest BCUT2D eigenvalue weighted by atomic mass is 19.1. The van der Waals surface area contributed by atoms with Crippen LogP contribution in [-0.2, 0) is 0 Å². The maximum atomic E-state index is 14.0. The maximum absolute atomic E-state index is 14.0. The van der Waals surface area contributed by atoms with E-state index in [0.717, 1.165) is 5.82 Å². The topological polar surface area (TPSA) is 80.4 Å². The van der Waals surface area contributed by atoms with E-state index in [9.17, 15) is 9.65 Å². The number of rotatable bonds is 5. The van der Waals surface area contributed by atoms with Crippen LogP contribution in [0.15, 0.2) is 42.5 Å². The Morgan fingerprint density at radius 1 is 1.31 bits per heavy atom. The number of nitriles is 1. The van der Waals surface area contributed by atoms with Crippen LogP contribution in [0, 0.1) is 30.1 Å². The van der Waals surface area contributed by atoms with E-state index in [-0.39, 0.29) is 17.8 Å². The van der Waals surface area contributed by atoms with Gasteiger partial charge in [-0.25, -0.2) is 14.4 Å². The van der Waals surface area contributed by atoms with E-state index < -0.39 is 0 Å². The van der Waals surface area contributed by atoms with Crippen molar-refractivity contribution in [2.24, 2.45) is 10.9 Å². The number of anilines is 1. The Morgan fingerprint density at radius 3 is 2.72 bits per heavy atom. The van der Waals surface area contributed by atoms with E-state index in [0.29, 0.717) is 48.2 Å². The lowest BCUT2D eigenvalue weighted by molar-refractivity contribution is 0.220. The molecule has 2 heterocycles. The molecule has 1 N–H and O–H groups in total. The SMILES string of the molecule is C=Cc1ncc(N2CCN(C(=Nc3cccc(F)c3C)NC#N)C(C(C)C)C2)nc1C=C. The van der Waals surface area contributed by atoms with Crippen molar-refractivity contribution in [3.05, 3.63) is 60.3 Å². The first-order valence-electron chi connectivity index (χ1n) is 10.5. The molecule has 1 atom stereocenters. The largest absolute Gasteiger partial charge is 0.351 e. The summed E-state index contributed by atoms with van der Waals surface area (Å²) >= 11 is 0. The quantitative estimate of drug-likeness (QED) is 0.331. The molecule has 1 fully saturated rings. The van der Waals surface area contributed by atoms with Gasteiger partial charge in [-0.05, 0) is 37.1 Å². The first-order chi connectivity index (χ1) is 15.4. The van der Waals surface area contributed by atoms with E-state index >= 15 is 0 Å². The molecule has 1 saturated heterocycles. The zero-order valence-corrected chi connectivity index (χ0v) is 18.7. The molecule has 0 spiro atoms. The van der Waals surface area contributed by atoms with Gasteiger partial charge in [0.1, 0.15) is 11.6 Å². The Hall–Kier alpha value is -3.73. The van der Waals surface area contributed by atoms with Crippen molar-refractivity contribution in [3.8, 4) is 6.19 Å². The molecule has 1 aliphatic rings. The van der Waals surface area contributed by atoms with Gasteiger partial charge in [0.25, 0.3) is 0 Å². The van der Waals surface area contributed by atoms with Crippen LogP contribution >= 0.6 is 0 Å². The molecule has 3 rings (SSSR count). The smallest absolute Gasteiger partial charge is 0.212 e. The molecule has 2 aromatic rings. The second-order valence-electron chi connectivity index (χ2n) is 7.91. The molecule has 0 radical (unpaired) electrons. The monoisotopic (exact) mass is 433 g/mol. The lowest BCUT2D eigenvalue weighted by atomic mass is 9.99. The molecular formula is C24H28FN7. The predicted octanol–water partition coefficient (Wildman–Crippen LogP) is 4.12. The summed E-state index contributed by atoms with van der Waals surface area (Å²) in [5.41, 5.74) is 2.32. The number of nitrogens with one attached hydrogen (secondary N) is 1. The van der Waals surface area contributed by atoms with Crippen molar-refractivity contribution in [3.63, 3.8) is 0 Å². The molecule has 32 heavy (non-hydrogen) atoms. The number of halogens is 1. The highest BCUT2D eigenvalue weighted by molar-refractivity contribution is 5.85. The van der Waals surface area contributed by atoms with Gasteiger partial charge in [0.2, 0.25) is 5.96 Å². The summed E-state index contributed by atoms with van der Waals surface area (Å²) < 4.78 is 14.0. The van der Waals surface area contributed by atoms with Gasteiger partial charge in [-0.2, -0.15) is 5.26 Å². The van der Waals surface area contributed by atoms with Crippen LogP contribution in [0.2, 0.25) is 0 Å². The zero-order chi connectivity index (χ0) is 23.3. The molecule has 8 heteroatoms. The summed E-state index contributed by atoms with van der Waals surface area (Å²) in [6.45, 7) is 15.5. The first-order valence-corrected chi connectivity index (χ1v) is 10.5. The second-order valence-corrected chi connectivity index (χ2v) is 7.91.